The molecule has 98 valence electrons. The summed E-state index contributed by atoms with van der Waals surface area (Å²) in [5, 5.41) is 5.35. The van der Waals surface area contributed by atoms with Gasteiger partial charge in [0.05, 0.1) is 15.6 Å². The van der Waals surface area contributed by atoms with Crippen LogP contribution in [0.3, 0.4) is 0 Å². The number of anilines is 1. The highest BCUT2D eigenvalue weighted by atomic mass is 35.5. The second-order valence-corrected chi connectivity index (χ2v) is 5.98. The molecule has 2 atom stereocenters. The van der Waals surface area contributed by atoms with E-state index in [1.54, 1.807) is 11.3 Å². The maximum absolute atomic E-state index is 10.4. The Bertz CT molecular complexity index is 444. The van der Waals surface area contributed by atoms with Gasteiger partial charge in [0, 0.05) is 11.4 Å². The first-order chi connectivity index (χ1) is 8.70. The summed E-state index contributed by atoms with van der Waals surface area (Å²) in [5.74, 6) is 0.662. The standard InChI is InChI=1S/C13H17ClN2OS/c14-11-7-18-12(13(11)15)3-1-2-9-4-5-10(6-9)16-8-17/h1,3,7-10H,2,4-6,15H2,(H,16,17)/b3-1+. The number of carbonyl (C=O) groups excluding carboxylic acids is 1. The van der Waals surface area contributed by atoms with Gasteiger partial charge in [0.2, 0.25) is 6.41 Å². The molecule has 18 heavy (non-hydrogen) atoms. The van der Waals surface area contributed by atoms with Crippen molar-refractivity contribution in [2.75, 3.05) is 5.73 Å². The minimum atomic E-state index is 0.363. The second kappa shape index (κ2) is 6.25. The first-order valence-electron chi connectivity index (χ1n) is 6.09. The molecular weight excluding hydrogens is 268 g/mol. The molecule has 2 unspecified atom stereocenters. The lowest BCUT2D eigenvalue weighted by Crippen LogP contribution is -2.24. The molecule has 1 aliphatic rings. The van der Waals surface area contributed by atoms with Gasteiger partial charge < -0.3 is 11.1 Å². The summed E-state index contributed by atoms with van der Waals surface area (Å²) in [4.78, 5) is 11.4. The van der Waals surface area contributed by atoms with Gasteiger partial charge in [0.15, 0.2) is 0 Å². The molecule has 1 aromatic heterocycles. The molecule has 1 fully saturated rings. The van der Waals surface area contributed by atoms with Gasteiger partial charge in [-0.3, -0.25) is 4.79 Å². The molecule has 0 radical (unpaired) electrons. The van der Waals surface area contributed by atoms with E-state index in [-0.39, 0.29) is 0 Å². The Balaban J connectivity index is 1.82. The number of thiophene rings is 1. The van der Waals surface area contributed by atoms with Crippen molar-refractivity contribution < 1.29 is 4.79 Å². The van der Waals surface area contributed by atoms with Crippen LogP contribution in [0.2, 0.25) is 5.02 Å². The maximum Gasteiger partial charge on any atom is 0.207 e. The molecule has 1 amide bonds. The van der Waals surface area contributed by atoms with Crippen LogP contribution in [0.15, 0.2) is 11.5 Å². The van der Waals surface area contributed by atoms with Crippen LogP contribution in [0.5, 0.6) is 0 Å². The van der Waals surface area contributed by atoms with Crippen LogP contribution in [0.1, 0.15) is 30.6 Å². The SMILES string of the molecule is Nc1c(Cl)csc1/C=C/CC1CCC(NC=O)C1. The summed E-state index contributed by atoms with van der Waals surface area (Å²) in [7, 11) is 0. The molecule has 0 spiro atoms. The van der Waals surface area contributed by atoms with E-state index in [1.807, 2.05) is 11.5 Å². The molecule has 5 heteroatoms. The second-order valence-electron chi connectivity index (χ2n) is 4.66. The van der Waals surface area contributed by atoms with E-state index in [4.69, 9.17) is 17.3 Å². The molecule has 1 aliphatic carbocycles. The Morgan fingerprint density at radius 1 is 1.56 bits per heavy atom. The maximum atomic E-state index is 10.4. The highest BCUT2D eigenvalue weighted by molar-refractivity contribution is 7.12. The van der Waals surface area contributed by atoms with Gasteiger partial charge in [-0.1, -0.05) is 17.7 Å². The summed E-state index contributed by atoms with van der Waals surface area (Å²) in [5.41, 5.74) is 6.51. The van der Waals surface area contributed by atoms with Crippen LogP contribution >= 0.6 is 22.9 Å². The largest absolute Gasteiger partial charge is 0.396 e. The quantitative estimate of drug-likeness (QED) is 0.815. The normalized spacial score (nSPS) is 23.6. The minimum Gasteiger partial charge on any atom is -0.396 e. The van der Waals surface area contributed by atoms with E-state index in [9.17, 15) is 4.79 Å². The Kier molecular flexibility index (Phi) is 4.66. The van der Waals surface area contributed by atoms with Crippen molar-refractivity contribution in [2.24, 2.45) is 5.92 Å². The van der Waals surface area contributed by atoms with Gasteiger partial charge in [0.25, 0.3) is 0 Å². The zero-order valence-electron chi connectivity index (χ0n) is 10.1. The molecule has 3 nitrogen and oxygen atoms in total. The lowest BCUT2D eigenvalue weighted by atomic mass is 10.0. The van der Waals surface area contributed by atoms with Crippen LogP contribution in [0, 0.1) is 5.92 Å². The molecule has 3 N–H and O–H groups in total. The third-order valence-electron chi connectivity index (χ3n) is 3.40. The number of nitrogen functional groups attached to an aromatic ring is 1. The van der Waals surface area contributed by atoms with Crippen LogP contribution in [0.25, 0.3) is 6.08 Å². The van der Waals surface area contributed by atoms with E-state index < -0.39 is 0 Å². The van der Waals surface area contributed by atoms with Crippen LogP contribution in [-0.4, -0.2) is 12.5 Å². The topological polar surface area (TPSA) is 55.1 Å². The third kappa shape index (κ3) is 3.27. The lowest BCUT2D eigenvalue weighted by Gasteiger charge is -2.07. The van der Waals surface area contributed by atoms with Crippen molar-refractivity contribution in [3.05, 3.63) is 21.4 Å². The number of allylic oxidation sites excluding steroid dienone is 1. The van der Waals surface area contributed by atoms with Gasteiger partial charge in [-0.15, -0.1) is 11.3 Å². The first-order valence-corrected chi connectivity index (χ1v) is 7.35. The van der Waals surface area contributed by atoms with Crippen molar-refractivity contribution in [2.45, 2.75) is 31.7 Å². The average molecular weight is 285 g/mol. The average Bonchev–Trinajstić information content (AvgIpc) is 2.91. The van der Waals surface area contributed by atoms with Crippen molar-refractivity contribution >= 4 is 41.1 Å². The molecule has 1 heterocycles. The van der Waals surface area contributed by atoms with Gasteiger partial charge in [-0.25, -0.2) is 0 Å². The number of nitrogens with two attached hydrogens (primary N) is 1. The predicted octanol–water partition coefficient (Wildman–Crippen LogP) is 3.30. The minimum absolute atomic E-state index is 0.363. The van der Waals surface area contributed by atoms with Gasteiger partial charge >= 0.3 is 0 Å². The molecule has 1 saturated carbocycles. The van der Waals surface area contributed by atoms with Crippen LogP contribution in [0.4, 0.5) is 5.69 Å². The fraction of sp³-hybridized carbons (Fsp3) is 0.462. The summed E-state index contributed by atoms with van der Waals surface area (Å²) >= 11 is 7.46. The Morgan fingerprint density at radius 3 is 3.06 bits per heavy atom. The molecule has 0 saturated heterocycles. The highest BCUT2D eigenvalue weighted by Gasteiger charge is 2.22. The molecule has 2 rings (SSSR count). The van der Waals surface area contributed by atoms with Gasteiger partial charge in [0.1, 0.15) is 0 Å². The van der Waals surface area contributed by atoms with Gasteiger partial charge in [-0.2, -0.15) is 0 Å². The highest BCUT2D eigenvalue weighted by Crippen LogP contribution is 2.32. The zero-order valence-corrected chi connectivity index (χ0v) is 11.6. The van der Waals surface area contributed by atoms with Crippen LogP contribution < -0.4 is 11.1 Å². The number of hydrogen-bond acceptors (Lipinski definition) is 3. The van der Waals surface area contributed by atoms with E-state index in [1.165, 1.54) is 6.42 Å². The summed E-state index contributed by atoms with van der Waals surface area (Å²) in [6.45, 7) is 0. The molecule has 0 aliphatic heterocycles. The number of rotatable bonds is 5. The molecule has 1 aromatic rings. The summed E-state index contributed by atoms with van der Waals surface area (Å²) in [6.07, 6.45) is 9.38. The van der Waals surface area contributed by atoms with Crippen molar-refractivity contribution in [1.82, 2.24) is 5.32 Å². The Morgan fingerprint density at radius 2 is 2.39 bits per heavy atom. The fourth-order valence-electron chi connectivity index (χ4n) is 2.39. The monoisotopic (exact) mass is 284 g/mol. The number of nitrogens with one attached hydrogen (secondary N) is 1. The molecular formula is C13H17ClN2OS. The van der Waals surface area contributed by atoms with Crippen LogP contribution in [-0.2, 0) is 4.79 Å². The number of hydrogen-bond donors (Lipinski definition) is 2. The number of carbonyl (C=O) groups is 1. The first kappa shape index (κ1) is 13.4. The summed E-state index contributed by atoms with van der Waals surface area (Å²) in [6, 6.07) is 0.363. The Labute approximate surface area is 116 Å². The van der Waals surface area contributed by atoms with Crippen molar-refractivity contribution in [3.63, 3.8) is 0 Å². The number of halogens is 1. The van der Waals surface area contributed by atoms with E-state index in [0.717, 1.165) is 30.5 Å². The lowest BCUT2D eigenvalue weighted by molar-refractivity contribution is -0.110. The predicted molar refractivity (Wildman–Crippen MR) is 77.7 cm³/mol. The van der Waals surface area contributed by atoms with Crippen molar-refractivity contribution in [1.29, 1.82) is 0 Å². The summed E-state index contributed by atoms with van der Waals surface area (Å²) < 4.78 is 0. The Hall–Kier alpha value is -1.00. The number of amides is 1. The zero-order chi connectivity index (χ0) is 13.0. The third-order valence-corrected chi connectivity index (χ3v) is 4.80. The smallest absolute Gasteiger partial charge is 0.207 e. The molecule has 0 aromatic carbocycles. The van der Waals surface area contributed by atoms with Gasteiger partial charge in [-0.05, 0) is 37.7 Å². The van der Waals surface area contributed by atoms with E-state index >= 15 is 0 Å². The molecule has 0 bridgehead atoms. The van der Waals surface area contributed by atoms with E-state index in [0.29, 0.717) is 22.7 Å². The fourth-order valence-corrected chi connectivity index (χ4v) is 3.45. The van der Waals surface area contributed by atoms with Crippen molar-refractivity contribution in [3.8, 4) is 0 Å². The van der Waals surface area contributed by atoms with E-state index in [2.05, 4.69) is 11.4 Å².